The average molecular weight is 253 g/mol. The zero-order valence-corrected chi connectivity index (χ0v) is 9.18. The van der Waals surface area contributed by atoms with Gasteiger partial charge >= 0.3 is 0 Å². The Balaban J connectivity index is 3.04. The van der Waals surface area contributed by atoms with E-state index in [-0.39, 0.29) is 22.8 Å². The van der Waals surface area contributed by atoms with E-state index in [1.807, 2.05) is 0 Å². The molecule has 0 saturated heterocycles. The quantitative estimate of drug-likeness (QED) is 0.611. The van der Waals surface area contributed by atoms with Crippen LogP contribution < -0.4 is 0 Å². The molecule has 0 unspecified atom stereocenters. The van der Waals surface area contributed by atoms with Gasteiger partial charge in [0.2, 0.25) is 0 Å². The van der Waals surface area contributed by atoms with Gasteiger partial charge in [0, 0.05) is 11.6 Å². The first-order chi connectivity index (χ1) is 7.95. The Hall–Kier alpha value is -1.99. The van der Waals surface area contributed by atoms with E-state index in [0.717, 1.165) is 6.07 Å². The van der Waals surface area contributed by atoms with Crippen LogP contribution in [-0.4, -0.2) is 29.3 Å². The van der Waals surface area contributed by atoms with Crippen molar-refractivity contribution < 1.29 is 22.9 Å². The van der Waals surface area contributed by atoms with Gasteiger partial charge in [0.1, 0.15) is 10.4 Å². The topological polar surface area (TPSA) is 105 Å². The summed E-state index contributed by atoms with van der Waals surface area (Å²) in [5.41, 5.74) is -0.298. The fourth-order valence-corrected chi connectivity index (χ4v) is 2.24. The molecule has 0 aliphatic rings. The third-order valence-corrected chi connectivity index (χ3v) is 3.16. The van der Waals surface area contributed by atoms with Crippen molar-refractivity contribution >= 4 is 27.3 Å². The molecule has 0 aliphatic carbocycles. The largest absolute Gasteiger partial charge is 0.505 e. The molecule has 6 nitrogen and oxygen atoms in total. The summed E-state index contributed by atoms with van der Waals surface area (Å²) >= 11 is 0. The lowest BCUT2D eigenvalue weighted by Gasteiger charge is -2.06. The first kappa shape index (κ1) is 11.5. The van der Waals surface area contributed by atoms with Crippen molar-refractivity contribution in [3.63, 3.8) is 0 Å². The van der Waals surface area contributed by atoms with Crippen molar-refractivity contribution in [2.45, 2.75) is 4.90 Å². The number of benzene rings is 1. The van der Waals surface area contributed by atoms with E-state index in [1.54, 1.807) is 0 Å². The van der Waals surface area contributed by atoms with Gasteiger partial charge in [-0.1, -0.05) is 0 Å². The summed E-state index contributed by atoms with van der Waals surface area (Å²) in [4.78, 5) is 14.0. The van der Waals surface area contributed by atoms with Crippen molar-refractivity contribution in [2.75, 3.05) is 0 Å². The van der Waals surface area contributed by atoms with Gasteiger partial charge in [0.15, 0.2) is 12.0 Å². The number of phenolic OH excluding ortho intramolecular Hbond substituents is 1. The Bertz CT molecular complexity index is 708. The highest BCUT2D eigenvalue weighted by molar-refractivity contribution is 7.86. The fourth-order valence-electron chi connectivity index (χ4n) is 1.52. The highest BCUT2D eigenvalue weighted by Gasteiger charge is 2.19. The van der Waals surface area contributed by atoms with Gasteiger partial charge in [-0.25, -0.2) is 0 Å². The number of aromatic hydroxyl groups is 1. The van der Waals surface area contributed by atoms with Crippen molar-refractivity contribution in [1.82, 2.24) is 4.98 Å². The normalized spacial score (nSPS) is 11.6. The predicted octanol–water partition coefficient (Wildman–Crippen LogP) is 1.000. The molecule has 0 amide bonds. The number of carbonyl (C=O) groups is 1. The summed E-state index contributed by atoms with van der Waals surface area (Å²) in [5.74, 6) is -0.414. The molecule has 2 N–H and O–H groups in total. The lowest BCUT2D eigenvalue weighted by Crippen LogP contribution is -2.01. The molecule has 0 spiro atoms. The highest BCUT2D eigenvalue weighted by atomic mass is 32.2. The zero-order chi connectivity index (χ0) is 12.6. The number of hydrogen-bond acceptors (Lipinski definition) is 5. The molecule has 1 heterocycles. The van der Waals surface area contributed by atoms with Crippen LogP contribution in [0, 0.1) is 0 Å². The second-order valence-corrected chi connectivity index (χ2v) is 4.69. The van der Waals surface area contributed by atoms with E-state index < -0.39 is 20.8 Å². The smallest absolute Gasteiger partial charge is 0.295 e. The maximum Gasteiger partial charge on any atom is 0.295 e. The molecular weight excluding hydrogens is 246 g/mol. The third kappa shape index (κ3) is 1.85. The van der Waals surface area contributed by atoms with Crippen LogP contribution in [0.4, 0.5) is 0 Å². The number of aromatic nitrogens is 1. The number of rotatable bonds is 2. The molecular formula is C10H7NO5S. The van der Waals surface area contributed by atoms with Gasteiger partial charge < -0.3 is 5.11 Å². The molecule has 0 saturated carbocycles. The van der Waals surface area contributed by atoms with Crippen LogP contribution in [0.2, 0.25) is 0 Å². The molecule has 1 aromatic carbocycles. The lowest BCUT2D eigenvalue weighted by molar-refractivity contribution is 0.112. The minimum absolute atomic E-state index is 0.0512. The Morgan fingerprint density at radius 3 is 2.65 bits per heavy atom. The average Bonchev–Trinajstić information content (AvgIpc) is 2.28. The van der Waals surface area contributed by atoms with Gasteiger partial charge in [0.05, 0.1) is 5.56 Å². The minimum atomic E-state index is -4.49. The van der Waals surface area contributed by atoms with Gasteiger partial charge in [-0.15, -0.1) is 0 Å². The summed E-state index contributed by atoms with van der Waals surface area (Å²) in [5, 5.41) is 9.72. The molecule has 17 heavy (non-hydrogen) atoms. The highest BCUT2D eigenvalue weighted by Crippen LogP contribution is 2.31. The van der Waals surface area contributed by atoms with E-state index in [9.17, 15) is 18.3 Å². The Morgan fingerprint density at radius 1 is 1.35 bits per heavy atom. The van der Waals surface area contributed by atoms with Crippen molar-refractivity contribution in [1.29, 1.82) is 0 Å². The predicted molar refractivity (Wildman–Crippen MR) is 58.6 cm³/mol. The molecule has 1 aromatic heterocycles. The maximum absolute atomic E-state index is 11.2. The van der Waals surface area contributed by atoms with Crippen LogP contribution in [-0.2, 0) is 10.1 Å². The number of fused-ring (bicyclic) bond motifs is 1. The molecule has 0 atom stereocenters. The molecule has 0 aliphatic heterocycles. The van der Waals surface area contributed by atoms with Crippen molar-refractivity contribution in [3.05, 3.63) is 30.0 Å². The first-order valence-corrected chi connectivity index (χ1v) is 5.92. The Morgan fingerprint density at radius 2 is 2.06 bits per heavy atom. The summed E-state index contributed by atoms with van der Waals surface area (Å²) in [6.45, 7) is 0. The minimum Gasteiger partial charge on any atom is -0.505 e. The van der Waals surface area contributed by atoms with E-state index in [2.05, 4.69) is 4.98 Å². The number of pyridine rings is 1. The number of hydrogen-bond donors (Lipinski definition) is 2. The van der Waals surface area contributed by atoms with Crippen molar-refractivity contribution in [3.8, 4) is 5.75 Å². The summed E-state index contributed by atoms with van der Waals surface area (Å²) < 4.78 is 31.4. The standard InChI is InChI=1S/C10H7NO5S/c12-5-6-4-8(17(14,15)16)7-2-1-3-11-9(7)10(6)13/h1-5,13H,(H,14,15,16). The van der Waals surface area contributed by atoms with Crippen LogP contribution in [0.15, 0.2) is 29.3 Å². The van der Waals surface area contributed by atoms with Crippen LogP contribution >= 0.6 is 0 Å². The molecule has 2 aromatic rings. The van der Waals surface area contributed by atoms with E-state index in [0.29, 0.717) is 0 Å². The molecule has 2 rings (SSSR count). The molecule has 7 heteroatoms. The van der Waals surface area contributed by atoms with Crippen molar-refractivity contribution in [2.24, 2.45) is 0 Å². The van der Waals surface area contributed by atoms with E-state index in [1.165, 1.54) is 18.3 Å². The van der Waals surface area contributed by atoms with Gasteiger partial charge in [0.25, 0.3) is 10.1 Å². The van der Waals surface area contributed by atoms with Crippen LogP contribution in [0.25, 0.3) is 10.9 Å². The van der Waals surface area contributed by atoms with Gasteiger partial charge in [-0.05, 0) is 18.2 Å². The van der Waals surface area contributed by atoms with Crippen LogP contribution in [0.5, 0.6) is 5.75 Å². The monoisotopic (exact) mass is 253 g/mol. The van der Waals surface area contributed by atoms with Gasteiger partial charge in [-0.3, -0.25) is 14.3 Å². The molecule has 0 fully saturated rings. The number of phenols is 1. The summed E-state index contributed by atoms with van der Waals surface area (Å²) in [7, 11) is -4.49. The maximum atomic E-state index is 11.2. The van der Waals surface area contributed by atoms with E-state index >= 15 is 0 Å². The SMILES string of the molecule is O=Cc1cc(S(=O)(=O)O)c2cccnc2c1O. The fraction of sp³-hybridized carbons (Fsp3) is 0. The van der Waals surface area contributed by atoms with Crippen LogP contribution in [0.3, 0.4) is 0 Å². The Kier molecular flexibility index (Phi) is 2.56. The molecule has 0 bridgehead atoms. The summed E-state index contributed by atoms with van der Waals surface area (Å²) in [6.07, 6.45) is 1.63. The van der Waals surface area contributed by atoms with Crippen LogP contribution in [0.1, 0.15) is 10.4 Å². The molecule has 0 radical (unpaired) electrons. The number of aldehydes is 1. The second-order valence-electron chi connectivity index (χ2n) is 3.31. The summed E-state index contributed by atoms with van der Waals surface area (Å²) in [6, 6.07) is 3.73. The van der Waals surface area contributed by atoms with E-state index in [4.69, 9.17) is 4.55 Å². The third-order valence-electron chi connectivity index (χ3n) is 2.26. The number of nitrogens with zero attached hydrogens (tertiary/aromatic N) is 1. The Labute approximate surface area is 96.3 Å². The second kappa shape index (κ2) is 3.79. The molecule has 88 valence electrons. The lowest BCUT2D eigenvalue weighted by atomic mass is 10.1. The van der Waals surface area contributed by atoms with Gasteiger partial charge in [-0.2, -0.15) is 8.42 Å². The zero-order valence-electron chi connectivity index (χ0n) is 8.36. The first-order valence-electron chi connectivity index (χ1n) is 4.48. The number of carbonyl (C=O) groups excluding carboxylic acids is 1.